The van der Waals surface area contributed by atoms with Crippen LogP contribution in [0.5, 0.6) is 0 Å². The Morgan fingerprint density at radius 1 is 1.24 bits per heavy atom. The number of pyridine rings is 1. The molecule has 0 radical (unpaired) electrons. The predicted octanol–water partition coefficient (Wildman–Crippen LogP) is 1.81. The highest BCUT2D eigenvalue weighted by Gasteiger charge is 2.25. The fourth-order valence-corrected chi connectivity index (χ4v) is 3.82. The van der Waals surface area contributed by atoms with Crippen LogP contribution in [-0.2, 0) is 0 Å². The molecule has 1 aliphatic heterocycles. The number of piperidine rings is 1. The van der Waals surface area contributed by atoms with Gasteiger partial charge >= 0.3 is 0 Å². The third kappa shape index (κ3) is 3.22. The Balaban J connectivity index is 1.42. The first-order chi connectivity index (χ1) is 12.2. The lowest BCUT2D eigenvalue weighted by atomic mass is 9.96. The molecule has 128 valence electrons. The van der Waals surface area contributed by atoms with Crippen LogP contribution >= 0.6 is 11.3 Å². The Morgan fingerprint density at radius 2 is 2.08 bits per heavy atom. The van der Waals surface area contributed by atoms with Crippen LogP contribution in [0.2, 0.25) is 0 Å². The minimum absolute atomic E-state index is 0.299. The number of aromatic nitrogens is 5. The summed E-state index contributed by atoms with van der Waals surface area (Å²) in [6.45, 7) is 1.74. The average Bonchev–Trinajstić information content (AvgIpc) is 3.33. The molecule has 1 saturated heterocycles. The molecule has 0 unspecified atom stereocenters. The zero-order chi connectivity index (χ0) is 17.2. The van der Waals surface area contributed by atoms with E-state index in [9.17, 15) is 4.79 Å². The van der Waals surface area contributed by atoms with Crippen LogP contribution in [0.4, 0.5) is 5.13 Å². The van der Waals surface area contributed by atoms with Gasteiger partial charge in [0.05, 0.1) is 6.20 Å². The molecule has 25 heavy (non-hydrogen) atoms. The maximum absolute atomic E-state index is 11.2. The van der Waals surface area contributed by atoms with E-state index in [0.717, 1.165) is 47.6 Å². The lowest BCUT2D eigenvalue weighted by molar-refractivity contribution is 0.0996. The number of anilines is 1. The van der Waals surface area contributed by atoms with Crippen molar-refractivity contribution in [1.29, 1.82) is 0 Å². The number of rotatable bonds is 4. The quantitative estimate of drug-likeness (QED) is 0.738. The summed E-state index contributed by atoms with van der Waals surface area (Å²) in [5.41, 5.74) is 6.47. The maximum atomic E-state index is 11.2. The number of aromatic amines is 1. The molecule has 1 fully saturated rings. The van der Waals surface area contributed by atoms with Crippen LogP contribution in [0.3, 0.4) is 0 Å². The number of hydrogen-bond acceptors (Lipinski definition) is 7. The van der Waals surface area contributed by atoms with E-state index in [1.54, 1.807) is 17.5 Å². The molecule has 1 amide bonds. The fourth-order valence-electron chi connectivity index (χ4n) is 2.95. The van der Waals surface area contributed by atoms with E-state index in [-0.39, 0.29) is 0 Å². The summed E-state index contributed by atoms with van der Waals surface area (Å²) in [6.07, 6.45) is 5.13. The number of imidazole rings is 1. The SMILES string of the molecule is NC(=O)c1cnc(C2CCN(c3nnc(-c4ccccn4)s3)CC2)[nH]1. The van der Waals surface area contributed by atoms with Crippen LogP contribution in [0.1, 0.15) is 35.1 Å². The molecule has 4 heterocycles. The van der Waals surface area contributed by atoms with Gasteiger partial charge in [-0.1, -0.05) is 17.4 Å². The molecular weight excluding hydrogens is 338 g/mol. The molecule has 3 aromatic rings. The number of carbonyl (C=O) groups is 1. The molecule has 0 aromatic carbocycles. The van der Waals surface area contributed by atoms with E-state index in [0.29, 0.717) is 11.6 Å². The van der Waals surface area contributed by atoms with E-state index >= 15 is 0 Å². The fraction of sp³-hybridized carbons (Fsp3) is 0.312. The Hall–Kier alpha value is -2.81. The highest BCUT2D eigenvalue weighted by molar-refractivity contribution is 7.18. The van der Waals surface area contributed by atoms with Gasteiger partial charge in [0.25, 0.3) is 5.91 Å². The first-order valence-electron chi connectivity index (χ1n) is 8.05. The highest BCUT2D eigenvalue weighted by Crippen LogP contribution is 2.32. The topological polar surface area (TPSA) is 114 Å². The van der Waals surface area contributed by atoms with E-state index in [1.165, 1.54) is 6.20 Å². The molecule has 0 spiro atoms. The van der Waals surface area contributed by atoms with Crippen LogP contribution < -0.4 is 10.6 Å². The number of nitrogens with zero attached hydrogens (tertiary/aromatic N) is 5. The zero-order valence-corrected chi connectivity index (χ0v) is 14.2. The molecule has 0 saturated carbocycles. The number of nitrogens with one attached hydrogen (secondary N) is 1. The lowest BCUT2D eigenvalue weighted by Gasteiger charge is -2.30. The Labute approximate surface area is 148 Å². The minimum atomic E-state index is -0.480. The van der Waals surface area contributed by atoms with Crippen LogP contribution in [-0.4, -0.2) is 44.1 Å². The normalized spacial score (nSPS) is 15.4. The third-order valence-electron chi connectivity index (χ3n) is 4.31. The molecule has 9 heteroatoms. The smallest absolute Gasteiger partial charge is 0.266 e. The van der Waals surface area contributed by atoms with Crippen LogP contribution in [0.15, 0.2) is 30.6 Å². The first kappa shape index (κ1) is 15.7. The summed E-state index contributed by atoms with van der Waals surface area (Å²) in [5, 5.41) is 10.3. The summed E-state index contributed by atoms with van der Waals surface area (Å²) >= 11 is 1.55. The summed E-state index contributed by atoms with van der Waals surface area (Å²) in [5.74, 6) is 0.652. The van der Waals surface area contributed by atoms with Gasteiger partial charge in [-0.05, 0) is 25.0 Å². The van der Waals surface area contributed by atoms with Gasteiger partial charge in [0.2, 0.25) is 5.13 Å². The van der Waals surface area contributed by atoms with Crippen molar-refractivity contribution in [2.45, 2.75) is 18.8 Å². The van der Waals surface area contributed by atoms with Gasteiger partial charge in [-0.2, -0.15) is 0 Å². The highest BCUT2D eigenvalue weighted by atomic mass is 32.1. The summed E-state index contributed by atoms with van der Waals surface area (Å²) in [7, 11) is 0. The van der Waals surface area contributed by atoms with Crippen molar-refractivity contribution in [1.82, 2.24) is 25.1 Å². The summed E-state index contributed by atoms with van der Waals surface area (Å²) < 4.78 is 0. The van der Waals surface area contributed by atoms with Gasteiger partial charge in [-0.3, -0.25) is 9.78 Å². The van der Waals surface area contributed by atoms with Crippen molar-refractivity contribution < 1.29 is 4.79 Å². The minimum Gasteiger partial charge on any atom is -0.364 e. The Morgan fingerprint density at radius 3 is 2.76 bits per heavy atom. The van der Waals surface area contributed by atoms with E-state index < -0.39 is 5.91 Å². The van der Waals surface area contributed by atoms with E-state index in [2.05, 4.69) is 30.0 Å². The van der Waals surface area contributed by atoms with E-state index in [4.69, 9.17) is 5.73 Å². The second-order valence-corrected chi connectivity index (χ2v) is 6.87. The molecule has 4 rings (SSSR count). The maximum Gasteiger partial charge on any atom is 0.266 e. The Bertz CT molecular complexity index is 868. The molecule has 0 bridgehead atoms. The molecular formula is C16H17N7OS. The number of carbonyl (C=O) groups excluding carboxylic acids is 1. The number of amides is 1. The predicted molar refractivity (Wildman–Crippen MR) is 94.4 cm³/mol. The monoisotopic (exact) mass is 355 g/mol. The van der Waals surface area contributed by atoms with Crippen molar-refractivity contribution in [3.8, 4) is 10.7 Å². The summed E-state index contributed by atoms with van der Waals surface area (Å²) in [6, 6.07) is 5.76. The number of nitrogens with two attached hydrogens (primary N) is 1. The van der Waals surface area contributed by atoms with Gasteiger partial charge in [0, 0.05) is 25.2 Å². The van der Waals surface area contributed by atoms with Gasteiger partial charge < -0.3 is 15.6 Å². The van der Waals surface area contributed by atoms with E-state index in [1.807, 2.05) is 18.2 Å². The van der Waals surface area contributed by atoms with Crippen LogP contribution in [0.25, 0.3) is 10.7 Å². The molecule has 1 aliphatic rings. The van der Waals surface area contributed by atoms with Crippen molar-refractivity contribution in [2.75, 3.05) is 18.0 Å². The van der Waals surface area contributed by atoms with Crippen molar-refractivity contribution in [3.63, 3.8) is 0 Å². The van der Waals surface area contributed by atoms with Gasteiger partial charge in [0.15, 0.2) is 5.01 Å². The first-order valence-corrected chi connectivity index (χ1v) is 8.87. The summed E-state index contributed by atoms with van der Waals surface area (Å²) in [4.78, 5) is 25.0. The number of primary amides is 1. The standard InChI is InChI=1S/C16H17N7OS/c17-13(24)12-9-19-14(20-12)10-4-7-23(8-5-10)16-22-21-15(25-16)11-3-1-2-6-18-11/h1-3,6,9-10H,4-5,7-8H2,(H2,17,24)(H,19,20). The van der Waals surface area contributed by atoms with Crippen LogP contribution in [0, 0.1) is 0 Å². The number of H-pyrrole nitrogens is 1. The molecule has 8 nitrogen and oxygen atoms in total. The van der Waals surface area contributed by atoms with Gasteiger partial charge in [-0.25, -0.2) is 4.98 Å². The molecule has 0 atom stereocenters. The molecule has 3 N–H and O–H groups in total. The Kier molecular flexibility index (Phi) is 4.14. The molecule has 3 aromatic heterocycles. The number of hydrogen-bond donors (Lipinski definition) is 2. The third-order valence-corrected chi connectivity index (χ3v) is 5.32. The van der Waals surface area contributed by atoms with Crippen molar-refractivity contribution in [3.05, 3.63) is 42.1 Å². The molecule has 0 aliphatic carbocycles. The van der Waals surface area contributed by atoms with Gasteiger partial charge in [0.1, 0.15) is 17.2 Å². The van der Waals surface area contributed by atoms with Crippen molar-refractivity contribution in [2.24, 2.45) is 5.73 Å². The second kappa shape index (κ2) is 6.60. The average molecular weight is 355 g/mol. The zero-order valence-electron chi connectivity index (χ0n) is 13.4. The largest absolute Gasteiger partial charge is 0.364 e. The van der Waals surface area contributed by atoms with Crippen molar-refractivity contribution >= 4 is 22.4 Å². The second-order valence-electron chi connectivity index (χ2n) is 5.91. The lowest BCUT2D eigenvalue weighted by Crippen LogP contribution is -2.33. The van der Waals surface area contributed by atoms with Gasteiger partial charge in [-0.15, -0.1) is 10.2 Å².